The zero-order valence-corrected chi connectivity index (χ0v) is 14.5. The van der Waals surface area contributed by atoms with Gasteiger partial charge in [0.1, 0.15) is 0 Å². The monoisotopic (exact) mass is 372 g/mol. The lowest BCUT2D eigenvalue weighted by Gasteiger charge is -2.30. The highest BCUT2D eigenvalue weighted by Gasteiger charge is 2.29. The lowest BCUT2D eigenvalue weighted by atomic mass is 9.96. The van der Waals surface area contributed by atoms with Crippen LogP contribution >= 0.6 is 28.3 Å². The quantitative estimate of drug-likeness (QED) is 0.865. The highest BCUT2D eigenvalue weighted by atomic mass is 79.9. The van der Waals surface area contributed by atoms with Crippen LogP contribution in [0.3, 0.4) is 0 Å². The van der Waals surface area contributed by atoms with Gasteiger partial charge < -0.3 is 10.6 Å². The number of amides is 1. The molecule has 0 saturated heterocycles. The van der Waals surface area contributed by atoms with Crippen molar-refractivity contribution in [2.75, 3.05) is 6.54 Å². The molecule has 1 aliphatic carbocycles. The number of carbonyl (C=O) groups excluding carboxylic acids is 1. The van der Waals surface area contributed by atoms with Gasteiger partial charge in [0, 0.05) is 30.0 Å². The van der Waals surface area contributed by atoms with Gasteiger partial charge in [-0.1, -0.05) is 34.5 Å². The summed E-state index contributed by atoms with van der Waals surface area (Å²) in [5.74, 6) is 0.671. The summed E-state index contributed by atoms with van der Waals surface area (Å²) in [7, 11) is 0. The molecule has 1 saturated carbocycles. The van der Waals surface area contributed by atoms with Crippen LogP contribution in [0, 0.1) is 5.92 Å². The molecular formula is C16H22BrClN2O. The highest BCUT2D eigenvalue weighted by Crippen LogP contribution is 2.30. The molecule has 5 heteroatoms. The normalized spacial score (nSPS) is 24.4. The number of nitrogens with zero attached hydrogens (tertiary/aromatic N) is 1. The van der Waals surface area contributed by atoms with Crippen molar-refractivity contribution in [3.8, 4) is 0 Å². The van der Waals surface area contributed by atoms with E-state index in [4.69, 9.17) is 5.73 Å². The number of nitrogens with two attached hydrogens (primary N) is 1. The fourth-order valence-corrected chi connectivity index (χ4v) is 4.05. The number of rotatable bonds is 2. The van der Waals surface area contributed by atoms with Crippen molar-refractivity contribution in [3.05, 3.63) is 33.8 Å². The summed E-state index contributed by atoms with van der Waals surface area (Å²) in [6, 6.07) is 6.48. The van der Waals surface area contributed by atoms with Crippen molar-refractivity contribution < 1.29 is 4.79 Å². The first-order valence-electron chi connectivity index (χ1n) is 7.45. The van der Waals surface area contributed by atoms with Crippen molar-refractivity contribution >= 4 is 34.2 Å². The van der Waals surface area contributed by atoms with E-state index in [0.717, 1.165) is 32.4 Å². The van der Waals surface area contributed by atoms with Crippen LogP contribution in [-0.2, 0) is 17.8 Å². The molecule has 3 rings (SSSR count). The number of hydrogen-bond donors (Lipinski definition) is 1. The Labute approximate surface area is 140 Å². The van der Waals surface area contributed by atoms with E-state index in [9.17, 15) is 4.79 Å². The van der Waals surface area contributed by atoms with E-state index in [1.165, 1.54) is 22.0 Å². The van der Waals surface area contributed by atoms with Gasteiger partial charge in [-0.15, -0.1) is 12.4 Å². The predicted molar refractivity (Wildman–Crippen MR) is 90.4 cm³/mol. The van der Waals surface area contributed by atoms with Crippen molar-refractivity contribution in [2.24, 2.45) is 11.7 Å². The Hall–Kier alpha value is -0.580. The molecule has 1 heterocycles. The van der Waals surface area contributed by atoms with Crippen LogP contribution in [0.4, 0.5) is 0 Å². The Morgan fingerprint density at radius 3 is 2.90 bits per heavy atom. The standard InChI is InChI=1S/C16H21BrN2O.ClH/c17-14-5-1-4-12-10-19(8-7-13(12)14)16(20)9-11-3-2-6-15(11)18;/h1,4-5,11,15H,2-3,6-10,18H2;1H/t11-,15+;/m0./s1. The number of carbonyl (C=O) groups is 1. The Morgan fingerprint density at radius 1 is 1.38 bits per heavy atom. The van der Waals surface area contributed by atoms with Gasteiger partial charge in [0.25, 0.3) is 0 Å². The summed E-state index contributed by atoms with van der Waals surface area (Å²) in [6.07, 6.45) is 4.94. The second-order valence-corrected chi connectivity index (χ2v) is 6.86. The van der Waals surface area contributed by atoms with E-state index >= 15 is 0 Å². The van der Waals surface area contributed by atoms with E-state index in [1.807, 2.05) is 11.0 Å². The lowest BCUT2D eigenvalue weighted by Crippen LogP contribution is -2.38. The smallest absolute Gasteiger partial charge is 0.223 e. The topological polar surface area (TPSA) is 46.3 Å². The minimum Gasteiger partial charge on any atom is -0.338 e. The minimum atomic E-state index is 0. The molecule has 2 atom stereocenters. The Morgan fingerprint density at radius 2 is 2.19 bits per heavy atom. The predicted octanol–water partition coefficient (Wildman–Crippen LogP) is 3.27. The molecule has 0 radical (unpaired) electrons. The highest BCUT2D eigenvalue weighted by molar-refractivity contribution is 9.10. The van der Waals surface area contributed by atoms with Crippen LogP contribution in [0.5, 0.6) is 0 Å². The number of halogens is 2. The molecule has 1 fully saturated rings. The summed E-state index contributed by atoms with van der Waals surface area (Å²) in [5.41, 5.74) is 8.70. The molecule has 3 nitrogen and oxygen atoms in total. The summed E-state index contributed by atoms with van der Waals surface area (Å²) < 4.78 is 1.17. The first kappa shape index (κ1) is 16.8. The van der Waals surface area contributed by atoms with E-state index in [0.29, 0.717) is 12.3 Å². The number of fused-ring (bicyclic) bond motifs is 1. The largest absolute Gasteiger partial charge is 0.338 e. The van der Waals surface area contributed by atoms with E-state index < -0.39 is 0 Å². The van der Waals surface area contributed by atoms with Gasteiger partial charge >= 0.3 is 0 Å². The summed E-state index contributed by atoms with van der Waals surface area (Å²) in [5, 5.41) is 0. The third-order valence-electron chi connectivity index (χ3n) is 4.72. The van der Waals surface area contributed by atoms with Crippen molar-refractivity contribution in [2.45, 2.75) is 44.7 Å². The van der Waals surface area contributed by atoms with Crippen LogP contribution in [0.15, 0.2) is 22.7 Å². The maximum atomic E-state index is 12.5. The van der Waals surface area contributed by atoms with Crippen LogP contribution in [0.25, 0.3) is 0 Å². The summed E-state index contributed by atoms with van der Waals surface area (Å²) in [6.45, 7) is 1.58. The molecule has 2 aliphatic rings. The molecule has 116 valence electrons. The fourth-order valence-electron chi connectivity index (χ4n) is 3.45. The molecule has 21 heavy (non-hydrogen) atoms. The number of benzene rings is 1. The molecule has 1 aliphatic heterocycles. The third kappa shape index (κ3) is 3.61. The maximum Gasteiger partial charge on any atom is 0.223 e. The van der Waals surface area contributed by atoms with Gasteiger partial charge in [0.2, 0.25) is 5.91 Å². The fraction of sp³-hybridized carbons (Fsp3) is 0.562. The zero-order chi connectivity index (χ0) is 14.1. The molecule has 0 bridgehead atoms. The molecule has 0 aromatic heterocycles. The van der Waals surface area contributed by atoms with Crippen molar-refractivity contribution in [1.82, 2.24) is 4.90 Å². The molecule has 0 spiro atoms. The maximum absolute atomic E-state index is 12.5. The Kier molecular flexibility index (Phi) is 5.69. The van der Waals surface area contributed by atoms with Crippen LogP contribution in [0.2, 0.25) is 0 Å². The van der Waals surface area contributed by atoms with Gasteiger partial charge in [-0.05, 0) is 42.4 Å². The third-order valence-corrected chi connectivity index (χ3v) is 5.46. The Balaban J connectivity index is 0.00000161. The minimum absolute atomic E-state index is 0. The first-order chi connectivity index (χ1) is 9.65. The lowest BCUT2D eigenvalue weighted by molar-refractivity contribution is -0.133. The molecule has 1 aromatic rings. The van der Waals surface area contributed by atoms with E-state index in [2.05, 4.69) is 28.1 Å². The van der Waals surface area contributed by atoms with Crippen LogP contribution in [-0.4, -0.2) is 23.4 Å². The van der Waals surface area contributed by atoms with E-state index in [1.54, 1.807) is 0 Å². The average molecular weight is 374 g/mol. The van der Waals surface area contributed by atoms with Gasteiger partial charge in [-0.3, -0.25) is 4.79 Å². The van der Waals surface area contributed by atoms with Crippen molar-refractivity contribution in [1.29, 1.82) is 0 Å². The molecule has 1 aromatic carbocycles. The van der Waals surface area contributed by atoms with Crippen LogP contribution < -0.4 is 5.73 Å². The van der Waals surface area contributed by atoms with Gasteiger partial charge in [0.05, 0.1) is 0 Å². The summed E-state index contributed by atoms with van der Waals surface area (Å²) in [4.78, 5) is 14.5. The molecule has 0 unspecified atom stereocenters. The average Bonchev–Trinajstić information content (AvgIpc) is 2.84. The Bertz CT molecular complexity index is 523. The summed E-state index contributed by atoms with van der Waals surface area (Å²) >= 11 is 3.60. The zero-order valence-electron chi connectivity index (χ0n) is 12.1. The van der Waals surface area contributed by atoms with Crippen LogP contribution in [0.1, 0.15) is 36.8 Å². The second kappa shape index (κ2) is 7.12. The molecular weight excluding hydrogens is 352 g/mol. The van der Waals surface area contributed by atoms with Gasteiger partial charge in [0.15, 0.2) is 0 Å². The second-order valence-electron chi connectivity index (χ2n) is 6.00. The van der Waals surface area contributed by atoms with Gasteiger partial charge in [-0.25, -0.2) is 0 Å². The van der Waals surface area contributed by atoms with Gasteiger partial charge in [-0.2, -0.15) is 0 Å². The van der Waals surface area contributed by atoms with E-state index in [-0.39, 0.29) is 24.4 Å². The number of hydrogen-bond acceptors (Lipinski definition) is 2. The van der Waals surface area contributed by atoms with Crippen molar-refractivity contribution in [3.63, 3.8) is 0 Å². The SMILES string of the molecule is Cl.N[C@@H]1CCC[C@H]1CC(=O)N1CCc2c(Br)cccc2C1. The first-order valence-corrected chi connectivity index (χ1v) is 8.24. The molecule has 2 N–H and O–H groups in total. The molecule has 1 amide bonds.